The minimum atomic E-state index is -0.320. The van der Waals surface area contributed by atoms with E-state index in [4.69, 9.17) is 5.10 Å². The molecule has 2 aliphatic carbocycles. The third-order valence-electron chi connectivity index (χ3n) is 8.47. The van der Waals surface area contributed by atoms with E-state index in [-0.39, 0.29) is 29.8 Å². The molecule has 1 fully saturated rings. The van der Waals surface area contributed by atoms with Crippen LogP contribution in [0.25, 0.3) is 11.8 Å². The van der Waals surface area contributed by atoms with Crippen LogP contribution < -0.4 is 10.6 Å². The van der Waals surface area contributed by atoms with E-state index < -0.39 is 0 Å². The number of rotatable bonds is 7. The first-order valence-electron chi connectivity index (χ1n) is 13.5. The molecule has 39 heavy (non-hydrogen) atoms. The Hall–Kier alpha value is -4.26. The van der Waals surface area contributed by atoms with Crippen molar-refractivity contribution in [1.29, 1.82) is 0 Å². The maximum atomic E-state index is 14.1. The predicted molar refractivity (Wildman–Crippen MR) is 149 cm³/mol. The topological polar surface area (TPSA) is 71.8 Å². The second-order valence-corrected chi connectivity index (χ2v) is 10.8. The van der Waals surface area contributed by atoms with Crippen LogP contribution in [-0.4, -0.2) is 20.8 Å². The molecule has 0 aliphatic heterocycles. The third kappa shape index (κ3) is 4.97. The molecule has 3 atom stereocenters. The summed E-state index contributed by atoms with van der Waals surface area (Å²) in [5.41, 5.74) is 6.32. The molecule has 198 valence electrons. The highest BCUT2D eigenvalue weighted by Crippen LogP contribution is 2.55. The molecule has 0 radical (unpaired) electrons. The number of hydrogen-bond acceptors (Lipinski definition) is 3. The van der Waals surface area contributed by atoms with Crippen molar-refractivity contribution in [3.8, 4) is 5.69 Å². The molecule has 6 nitrogen and oxygen atoms in total. The molecule has 7 heteroatoms. The van der Waals surface area contributed by atoms with E-state index in [1.54, 1.807) is 24.4 Å². The Morgan fingerprint density at radius 2 is 1.92 bits per heavy atom. The van der Waals surface area contributed by atoms with Gasteiger partial charge < -0.3 is 10.6 Å². The van der Waals surface area contributed by atoms with Gasteiger partial charge in [0.05, 0.1) is 29.8 Å². The number of halogens is 1. The summed E-state index contributed by atoms with van der Waals surface area (Å²) < 4.78 is 16.0. The van der Waals surface area contributed by atoms with Crippen LogP contribution in [0.2, 0.25) is 0 Å². The van der Waals surface area contributed by atoms with E-state index in [0.717, 1.165) is 42.6 Å². The van der Waals surface area contributed by atoms with Crippen molar-refractivity contribution in [2.24, 2.45) is 11.3 Å². The second kappa shape index (κ2) is 10.5. The summed E-state index contributed by atoms with van der Waals surface area (Å²) in [4.78, 5) is 17.2. The number of allylic oxidation sites excluding steroid dienone is 1. The van der Waals surface area contributed by atoms with Crippen LogP contribution >= 0.6 is 0 Å². The minimum Gasteiger partial charge on any atom is -0.334 e. The van der Waals surface area contributed by atoms with Crippen molar-refractivity contribution in [3.05, 3.63) is 119 Å². The van der Waals surface area contributed by atoms with Gasteiger partial charge in [0.1, 0.15) is 5.82 Å². The number of carbonyl (C=O) groups is 1. The summed E-state index contributed by atoms with van der Waals surface area (Å²) in [5, 5.41) is 10.7. The molecule has 0 saturated heterocycles. The van der Waals surface area contributed by atoms with E-state index >= 15 is 0 Å². The number of pyridine rings is 1. The molecule has 1 saturated carbocycles. The quantitative estimate of drug-likeness (QED) is 0.296. The summed E-state index contributed by atoms with van der Waals surface area (Å²) in [5.74, 6) is 0.0647. The normalized spacial score (nSPS) is 20.5. The Morgan fingerprint density at radius 1 is 1.10 bits per heavy atom. The molecule has 2 heterocycles. The van der Waals surface area contributed by atoms with Crippen LogP contribution in [0.3, 0.4) is 0 Å². The molecule has 2 aromatic heterocycles. The lowest BCUT2D eigenvalue weighted by Crippen LogP contribution is -2.40. The van der Waals surface area contributed by atoms with Crippen molar-refractivity contribution in [2.75, 3.05) is 0 Å². The van der Waals surface area contributed by atoms with Crippen molar-refractivity contribution < 1.29 is 9.18 Å². The van der Waals surface area contributed by atoms with Gasteiger partial charge in [-0.25, -0.2) is 13.9 Å². The zero-order chi connectivity index (χ0) is 26.8. The van der Waals surface area contributed by atoms with E-state index in [0.29, 0.717) is 11.5 Å². The Bertz CT molecular complexity index is 1500. The fraction of sp³-hybridized carbons (Fsp3) is 0.281. The summed E-state index contributed by atoms with van der Waals surface area (Å²) >= 11 is 0. The fourth-order valence-electron chi connectivity index (χ4n) is 6.27. The molecular formula is C32H32FN5O. The Kier molecular flexibility index (Phi) is 6.73. The van der Waals surface area contributed by atoms with Gasteiger partial charge in [-0.05, 0) is 72.4 Å². The van der Waals surface area contributed by atoms with Crippen LogP contribution in [0, 0.1) is 17.2 Å². The molecule has 0 bridgehead atoms. The smallest absolute Gasteiger partial charge is 0.315 e. The lowest BCUT2D eigenvalue weighted by Gasteiger charge is -2.37. The first-order valence-corrected chi connectivity index (χ1v) is 13.5. The summed E-state index contributed by atoms with van der Waals surface area (Å²) in [6.07, 6.45) is 11.7. The zero-order valence-electron chi connectivity index (χ0n) is 22.0. The number of nitrogens with one attached hydrogen (secondary N) is 2. The van der Waals surface area contributed by atoms with Crippen LogP contribution in [0.5, 0.6) is 0 Å². The van der Waals surface area contributed by atoms with Crippen LogP contribution in [0.4, 0.5) is 9.18 Å². The Balaban J connectivity index is 1.21. The first kappa shape index (κ1) is 25.0. The van der Waals surface area contributed by atoms with Crippen molar-refractivity contribution in [1.82, 2.24) is 25.4 Å². The fourth-order valence-corrected chi connectivity index (χ4v) is 6.27. The zero-order valence-corrected chi connectivity index (χ0v) is 22.0. The SMILES string of the molecule is C[C@]12Cc3cnn(-c4cccnc4)c3C=C1CC[C@@H]2CC(NC(=O)NCc1ccccc1F)c1ccccc1. The van der Waals surface area contributed by atoms with Gasteiger partial charge in [-0.1, -0.05) is 61.0 Å². The number of amides is 2. The van der Waals surface area contributed by atoms with E-state index in [1.165, 1.54) is 17.2 Å². The number of nitrogens with zero attached hydrogens (tertiary/aromatic N) is 3. The molecule has 2 aliphatic rings. The molecule has 2 N–H and O–H groups in total. The summed E-state index contributed by atoms with van der Waals surface area (Å²) in [6, 6.07) is 20.1. The molecule has 0 spiro atoms. The van der Waals surface area contributed by atoms with Gasteiger partial charge in [0.2, 0.25) is 0 Å². The number of benzene rings is 2. The van der Waals surface area contributed by atoms with Gasteiger partial charge in [-0.15, -0.1) is 0 Å². The second-order valence-electron chi connectivity index (χ2n) is 10.8. The molecular weight excluding hydrogens is 489 g/mol. The Morgan fingerprint density at radius 3 is 2.72 bits per heavy atom. The number of hydrogen-bond donors (Lipinski definition) is 2. The maximum absolute atomic E-state index is 14.1. The van der Waals surface area contributed by atoms with Gasteiger partial charge in [0, 0.05) is 18.3 Å². The number of fused-ring (bicyclic) bond motifs is 2. The monoisotopic (exact) mass is 521 g/mol. The minimum absolute atomic E-state index is 0.00580. The van der Waals surface area contributed by atoms with Gasteiger partial charge >= 0.3 is 6.03 Å². The number of carbonyl (C=O) groups excluding carboxylic acids is 1. The van der Waals surface area contributed by atoms with Crippen molar-refractivity contribution in [2.45, 2.75) is 45.2 Å². The van der Waals surface area contributed by atoms with Gasteiger partial charge in [0.25, 0.3) is 0 Å². The highest BCUT2D eigenvalue weighted by molar-refractivity contribution is 5.74. The molecule has 2 amide bonds. The molecule has 2 aromatic carbocycles. The van der Waals surface area contributed by atoms with Crippen molar-refractivity contribution >= 4 is 12.1 Å². The van der Waals surface area contributed by atoms with E-state index in [2.05, 4.69) is 40.8 Å². The van der Waals surface area contributed by atoms with Crippen LogP contribution in [-0.2, 0) is 13.0 Å². The van der Waals surface area contributed by atoms with Gasteiger partial charge in [-0.2, -0.15) is 5.10 Å². The first-order chi connectivity index (χ1) is 19.0. The summed E-state index contributed by atoms with van der Waals surface area (Å²) in [7, 11) is 0. The molecule has 4 aromatic rings. The molecule has 6 rings (SSSR count). The largest absolute Gasteiger partial charge is 0.334 e. The standard InChI is InChI=1S/C32H32FN5O/c1-32-18-24-20-36-38(27-11-7-15-34-21-27)30(24)17-26(32)14-13-25(32)16-29(22-8-3-2-4-9-22)37-31(39)35-19-23-10-5-6-12-28(23)33/h2-12,15,17,20-21,25,29H,13-14,16,18-19H2,1H3,(H2,35,37,39)/t25-,29?,32-/m1/s1. The number of urea groups is 1. The highest BCUT2D eigenvalue weighted by Gasteiger charge is 2.46. The lowest BCUT2D eigenvalue weighted by molar-refractivity contribution is 0.216. The summed E-state index contributed by atoms with van der Waals surface area (Å²) in [6.45, 7) is 2.50. The average molecular weight is 522 g/mol. The van der Waals surface area contributed by atoms with Gasteiger partial charge in [-0.3, -0.25) is 4.98 Å². The van der Waals surface area contributed by atoms with Crippen LogP contribution in [0.1, 0.15) is 54.6 Å². The Labute approximate surface area is 228 Å². The van der Waals surface area contributed by atoms with E-state index in [9.17, 15) is 9.18 Å². The lowest BCUT2D eigenvalue weighted by atomic mass is 9.68. The molecule has 1 unspecified atom stereocenters. The van der Waals surface area contributed by atoms with Crippen molar-refractivity contribution in [3.63, 3.8) is 0 Å². The van der Waals surface area contributed by atoms with Crippen LogP contribution in [0.15, 0.2) is 90.9 Å². The third-order valence-corrected chi connectivity index (χ3v) is 8.47. The van der Waals surface area contributed by atoms with Gasteiger partial charge in [0.15, 0.2) is 0 Å². The highest BCUT2D eigenvalue weighted by atomic mass is 19.1. The van der Waals surface area contributed by atoms with E-state index in [1.807, 2.05) is 47.4 Å². The number of aromatic nitrogens is 3. The maximum Gasteiger partial charge on any atom is 0.315 e. The predicted octanol–water partition coefficient (Wildman–Crippen LogP) is 6.39. The average Bonchev–Trinajstić information content (AvgIpc) is 3.51.